The van der Waals surface area contributed by atoms with Gasteiger partial charge in [-0.3, -0.25) is 15.0 Å². The Hall–Kier alpha value is -4.10. The highest BCUT2D eigenvalue weighted by Crippen LogP contribution is 2.51. The first-order valence-electron chi connectivity index (χ1n) is 18.8. The van der Waals surface area contributed by atoms with Crippen LogP contribution in [-0.4, -0.2) is 101 Å². The van der Waals surface area contributed by atoms with Crippen LogP contribution in [-0.2, 0) is 4.79 Å². The van der Waals surface area contributed by atoms with Crippen molar-refractivity contribution in [3.63, 3.8) is 0 Å². The second kappa shape index (κ2) is 12.7. The molecule has 2 unspecified atom stereocenters. The molecule has 2 aromatic heterocycles. The molecular weight excluding hydrogens is 741 g/mol. The lowest BCUT2D eigenvalue weighted by Crippen LogP contribution is -2.43. The van der Waals surface area contributed by atoms with E-state index in [1.807, 2.05) is 11.0 Å². The maximum absolute atomic E-state index is 17.5. The van der Waals surface area contributed by atoms with Crippen molar-refractivity contribution in [2.45, 2.75) is 74.8 Å². The van der Waals surface area contributed by atoms with Gasteiger partial charge in [0.1, 0.15) is 47.0 Å². The molecule has 282 valence electrons. The predicted octanol–water partition coefficient (Wildman–Crippen LogP) is 5.79. The number of carbonyl (C=O) groups excluding carboxylic acids is 1. The van der Waals surface area contributed by atoms with Gasteiger partial charge in [-0.2, -0.15) is 15.2 Å². The number of nitrogens with zero attached hydrogens (tertiary/aromatic N) is 6. The van der Waals surface area contributed by atoms with Crippen molar-refractivity contribution in [3.8, 4) is 29.0 Å². The zero-order valence-electron chi connectivity index (χ0n) is 29.3. The molecule has 7 heterocycles. The number of hydrogen-bond acceptors (Lipinski definition) is 11. The lowest BCUT2D eigenvalue weighted by molar-refractivity contribution is -0.130. The van der Waals surface area contributed by atoms with Crippen molar-refractivity contribution in [1.29, 1.82) is 5.26 Å². The molecule has 4 saturated heterocycles. The molecule has 5 fully saturated rings. The summed E-state index contributed by atoms with van der Waals surface area (Å²) < 4.78 is 60.2. The first kappa shape index (κ1) is 34.4. The summed E-state index contributed by atoms with van der Waals surface area (Å²) in [4.78, 5) is 29.4. The molecule has 2 aromatic carbocycles. The van der Waals surface area contributed by atoms with Gasteiger partial charge in [0.05, 0.1) is 32.8 Å². The van der Waals surface area contributed by atoms with Crippen LogP contribution in [0.5, 0.6) is 11.8 Å². The first-order valence-corrected chi connectivity index (χ1v) is 19.9. The highest BCUT2D eigenvalue weighted by molar-refractivity contribution is 7.23. The summed E-state index contributed by atoms with van der Waals surface area (Å²) in [5.41, 5.74) is 5.60. The number of halogens is 4. The van der Waals surface area contributed by atoms with Crippen LogP contribution in [0.2, 0.25) is 5.02 Å². The molecule has 0 bridgehead atoms. The quantitative estimate of drug-likeness (QED) is 0.231. The van der Waals surface area contributed by atoms with Crippen molar-refractivity contribution < 1.29 is 27.4 Å². The summed E-state index contributed by atoms with van der Waals surface area (Å²) in [5.74, 6) is -0.203. The van der Waals surface area contributed by atoms with Gasteiger partial charge >= 0.3 is 6.01 Å². The molecule has 4 aromatic rings. The van der Waals surface area contributed by atoms with Gasteiger partial charge in [0, 0.05) is 62.1 Å². The number of nitrogen functional groups attached to an aromatic ring is 1. The Morgan fingerprint density at radius 1 is 1.17 bits per heavy atom. The van der Waals surface area contributed by atoms with Gasteiger partial charge in [0.25, 0.3) is 0 Å². The highest BCUT2D eigenvalue weighted by atomic mass is 35.5. The normalized spacial score (nSPS) is 27.9. The molecule has 1 aliphatic carbocycles. The highest BCUT2D eigenvalue weighted by Gasteiger charge is 2.52. The van der Waals surface area contributed by atoms with Crippen LogP contribution in [0.25, 0.3) is 32.1 Å². The molecule has 0 radical (unpaired) electrons. The number of nitriles is 1. The lowest BCUT2D eigenvalue weighted by atomic mass is 9.95. The summed E-state index contributed by atoms with van der Waals surface area (Å²) >= 11 is 8.05. The van der Waals surface area contributed by atoms with E-state index in [2.05, 4.69) is 20.1 Å². The first-order chi connectivity index (χ1) is 26.2. The van der Waals surface area contributed by atoms with Gasteiger partial charge in [-0.25, -0.2) is 13.2 Å². The molecule has 6 aliphatic rings. The fourth-order valence-corrected chi connectivity index (χ4v) is 10.8. The Bertz CT molecular complexity index is 2280. The maximum Gasteiger partial charge on any atom is 0.319 e. The molecule has 1 saturated carbocycles. The third-order valence-corrected chi connectivity index (χ3v) is 13.8. The number of rotatable bonds is 6. The number of carbonyl (C=O) groups is 1. The minimum atomic E-state index is -0.965. The van der Waals surface area contributed by atoms with Crippen molar-refractivity contribution in [2.24, 2.45) is 5.92 Å². The van der Waals surface area contributed by atoms with E-state index in [-0.39, 0.29) is 96.7 Å². The number of nitrogens with two attached hydrogens (primary N) is 1. The lowest BCUT2D eigenvalue weighted by Gasteiger charge is -2.34. The average Bonchev–Trinajstić information content (AvgIpc) is 4.05. The van der Waals surface area contributed by atoms with E-state index >= 15 is 8.78 Å². The average molecular weight is 779 g/mol. The standard InChI is InChI=1S/C38H38ClF3N8O3S/c39-27-25(21-4-5-23(41)33-24(21)22(15-43)34(44)54-33)28(42)30-26-32(27)52-13-7-20-6-10-48(36(51)31-29(45-31)18-2-3-18)11-12-50(20)35(26)47-37(46-30)53-17-38-8-1-9-49(38)16-19(40)14-38/h4-5,18-20,29,31,45H,1-3,6-14,16-17,44H2/t19-,20?,29?,31-,38+/m1/s1. The zero-order chi connectivity index (χ0) is 37.0. The number of aromatic nitrogens is 2. The minimum absolute atomic E-state index is 0.0236. The van der Waals surface area contributed by atoms with Crippen LogP contribution in [0.3, 0.4) is 0 Å². The third-order valence-electron chi connectivity index (χ3n) is 12.5. The monoisotopic (exact) mass is 778 g/mol. The van der Waals surface area contributed by atoms with Gasteiger partial charge < -0.3 is 25.0 Å². The Balaban J connectivity index is 1.11. The van der Waals surface area contributed by atoms with Crippen LogP contribution in [0, 0.1) is 28.9 Å². The van der Waals surface area contributed by atoms with Crippen LogP contribution in [0.15, 0.2) is 12.1 Å². The number of nitrogens with one attached hydrogen (secondary N) is 1. The summed E-state index contributed by atoms with van der Waals surface area (Å²) in [6, 6.07) is 4.56. The van der Waals surface area contributed by atoms with E-state index in [9.17, 15) is 14.4 Å². The number of fused-ring (bicyclic) bond motifs is 4. The fourth-order valence-electron chi connectivity index (χ4n) is 9.55. The van der Waals surface area contributed by atoms with Crippen molar-refractivity contribution >= 4 is 60.7 Å². The summed E-state index contributed by atoms with van der Waals surface area (Å²) in [6.07, 6.45) is 4.58. The second-order valence-electron chi connectivity index (χ2n) is 15.6. The van der Waals surface area contributed by atoms with E-state index in [4.69, 9.17) is 31.8 Å². The van der Waals surface area contributed by atoms with Crippen LogP contribution < -0.4 is 25.4 Å². The SMILES string of the molecule is N#Cc1c(N)sc2c(F)ccc(-c3c(Cl)c4c5c(nc(OC[C@@]67CCCN6C[C@H](F)C7)nc5c3F)N3CCN(C(=O)[C@@H]5NC5C5CC5)CCC3CCO4)c12. The molecule has 1 amide bonds. The van der Waals surface area contributed by atoms with Crippen LogP contribution in [0.4, 0.5) is 24.0 Å². The number of ether oxygens (including phenoxy) is 2. The number of alkyl halides is 1. The van der Waals surface area contributed by atoms with Crippen LogP contribution in [0.1, 0.15) is 50.5 Å². The molecule has 5 atom stereocenters. The Morgan fingerprint density at radius 2 is 2.02 bits per heavy atom. The van der Waals surface area contributed by atoms with Gasteiger partial charge in [-0.1, -0.05) is 17.7 Å². The zero-order valence-corrected chi connectivity index (χ0v) is 30.9. The molecule has 0 spiro atoms. The smallest absolute Gasteiger partial charge is 0.319 e. The summed E-state index contributed by atoms with van der Waals surface area (Å²) in [5, 5.41) is 13.8. The van der Waals surface area contributed by atoms with Crippen molar-refractivity contribution in [3.05, 3.63) is 34.4 Å². The number of amides is 1. The Morgan fingerprint density at radius 3 is 2.83 bits per heavy atom. The topological polar surface area (TPSA) is 143 Å². The number of benzene rings is 2. The van der Waals surface area contributed by atoms with E-state index < -0.39 is 23.3 Å². The largest absolute Gasteiger partial charge is 0.491 e. The number of thiophene rings is 1. The maximum atomic E-state index is 17.5. The van der Waals surface area contributed by atoms with Crippen LogP contribution >= 0.6 is 22.9 Å². The van der Waals surface area contributed by atoms with Gasteiger partial charge in [-0.15, -0.1) is 11.3 Å². The van der Waals surface area contributed by atoms with E-state index in [0.29, 0.717) is 57.2 Å². The molecule has 54 heavy (non-hydrogen) atoms. The Labute approximate surface area is 318 Å². The molecule has 11 nitrogen and oxygen atoms in total. The predicted molar refractivity (Wildman–Crippen MR) is 199 cm³/mol. The Kier molecular flexibility index (Phi) is 8.10. The van der Waals surface area contributed by atoms with E-state index in [1.165, 1.54) is 12.1 Å². The molecular formula is C38H38ClF3N8O3S. The number of anilines is 2. The molecule has 5 aliphatic heterocycles. The van der Waals surface area contributed by atoms with E-state index in [0.717, 1.165) is 43.6 Å². The molecule has 16 heteroatoms. The fraction of sp³-hybridized carbons (Fsp3) is 0.526. The summed E-state index contributed by atoms with van der Waals surface area (Å²) in [7, 11) is 0. The molecule has 3 N–H and O–H groups in total. The molecule has 10 rings (SSSR count). The minimum Gasteiger partial charge on any atom is -0.491 e. The third kappa shape index (κ3) is 5.38. The van der Waals surface area contributed by atoms with Gasteiger partial charge in [0.2, 0.25) is 5.91 Å². The summed E-state index contributed by atoms with van der Waals surface area (Å²) in [6.45, 7) is 2.90. The van der Waals surface area contributed by atoms with Crippen molar-refractivity contribution in [1.82, 2.24) is 25.1 Å². The number of hydrogen-bond donors (Lipinski definition) is 2. The van der Waals surface area contributed by atoms with E-state index in [1.54, 1.807) is 0 Å². The van der Waals surface area contributed by atoms with Gasteiger partial charge in [0.15, 0.2) is 11.6 Å². The van der Waals surface area contributed by atoms with Crippen molar-refractivity contribution in [2.75, 3.05) is 56.6 Å². The van der Waals surface area contributed by atoms with Gasteiger partial charge in [-0.05, 0) is 56.2 Å². The second-order valence-corrected chi connectivity index (χ2v) is 17.0.